The Bertz CT molecular complexity index is 646. The molecule has 104 valence electrons. The predicted octanol–water partition coefficient (Wildman–Crippen LogP) is 4.56. The van der Waals surface area contributed by atoms with Crippen molar-refractivity contribution < 1.29 is 9.31 Å². The van der Waals surface area contributed by atoms with E-state index in [1.165, 1.54) is 12.1 Å². The maximum Gasteiger partial charge on any atom is 0.272 e. The van der Waals surface area contributed by atoms with Crippen LogP contribution in [0.1, 0.15) is 22.1 Å². The molecule has 0 N–H and O–H groups in total. The van der Waals surface area contributed by atoms with Crippen LogP contribution in [0.15, 0.2) is 42.5 Å². The van der Waals surface area contributed by atoms with Crippen molar-refractivity contribution >= 4 is 17.3 Å². The lowest BCUT2D eigenvalue weighted by Crippen LogP contribution is -2.01. The van der Waals surface area contributed by atoms with Crippen molar-refractivity contribution in [3.63, 3.8) is 0 Å². The molecule has 0 spiro atoms. The van der Waals surface area contributed by atoms with E-state index in [9.17, 15) is 14.5 Å². The van der Waals surface area contributed by atoms with E-state index in [0.29, 0.717) is 16.7 Å². The molecule has 0 amide bonds. The molecule has 0 aliphatic carbocycles. The molecule has 3 nitrogen and oxygen atoms in total. The van der Waals surface area contributed by atoms with Crippen molar-refractivity contribution in [1.82, 2.24) is 0 Å². The first kappa shape index (κ1) is 14.5. The number of para-hydroxylation sites is 1. The molecule has 0 saturated heterocycles. The number of hydrogen-bond acceptors (Lipinski definition) is 2. The molecule has 0 aliphatic heterocycles. The van der Waals surface area contributed by atoms with Crippen LogP contribution < -0.4 is 0 Å². The molecule has 0 heterocycles. The van der Waals surface area contributed by atoms with Crippen LogP contribution in [-0.2, 0) is 6.42 Å². The molecule has 2 aromatic rings. The number of benzene rings is 2. The minimum atomic E-state index is -0.508. The van der Waals surface area contributed by atoms with Gasteiger partial charge in [-0.25, -0.2) is 4.39 Å². The third-order valence-corrected chi connectivity index (χ3v) is 3.55. The lowest BCUT2D eigenvalue weighted by molar-refractivity contribution is -0.385. The third kappa shape index (κ3) is 3.14. The van der Waals surface area contributed by atoms with E-state index in [1.54, 1.807) is 37.3 Å². The fraction of sp³-hybridized carbons (Fsp3) is 0.200. The highest BCUT2D eigenvalue weighted by Gasteiger charge is 2.17. The van der Waals surface area contributed by atoms with E-state index in [2.05, 4.69) is 0 Å². The molecule has 0 fully saturated rings. The smallest absolute Gasteiger partial charge is 0.258 e. The lowest BCUT2D eigenvalue weighted by Gasteiger charge is -2.11. The number of hydrogen-bond donors (Lipinski definition) is 0. The zero-order valence-electron chi connectivity index (χ0n) is 10.8. The standard InChI is InChI=1S/C15H13ClFNO2/c1-10-6-7-11(9-14(10)17)13(16)8-12-4-2-3-5-15(12)18(19)20/h2-7,9,13H,8H2,1H3. The van der Waals surface area contributed by atoms with E-state index in [4.69, 9.17) is 11.6 Å². The van der Waals surface area contributed by atoms with Gasteiger partial charge < -0.3 is 0 Å². The minimum absolute atomic E-state index is 0.0331. The summed E-state index contributed by atoms with van der Waals surface area (Å²) in [5, 5.41) is 10.4. The maximum atomic E-state index is 13.5. The van der Waals surface area contributed by atoms with E-state index >= 15 is 0 Å². The topological polar surface area (TPSA) is 43.1 Å². The molecule has 2 aromatic carbocycles. The van der Waals surface area contributed by atoms with Gasteiger partial charge in [-0.2, -0.15) is 0 Å². The minimum Gasteiger partial charge on any atom is -0.258 e. The third-order valence-electron chi connectivity index (χ3n) is 3.15. The molecular formula is C15H13ClFNO2. The molecule has 0 aliphatic rings. The van der Waals surface area contributed by atoms with Crippen molar-refractivity contribution in [3.8, 4) is 0 Å². The van der Waals surface area contributed by atoms with Gasteiger partial charge in [0.05, 0.1) is 10.3 Å². The van der Waals surface area contributed by atoms with Gasteiger partial charge in [0.25, 0.3) is 5.69 Å². The number of nitro benzene ring substituents is 1. The average molecular weight is 294 g/mol. The summed E-state index contributed by atoms with van der Waals surface area (Å²) in [6, 6.07) is 11.2. The normalized spacial score (nSPS) is 12.2. The summed E-state index contributed by atoms with van der Waals surface area (Å²) in [5.41, 5.74) is 1.74. The van der Waals surface area contributed by atoms with Gasteiger partial charge in [-0.15, -0.1) is 11.6 Å². The summed E-state index contributed by atoms with van der Waals surface area (Å²) < 4.78 is 13.5. The molecular weight excluding hydrogens is 281 g/mol. The number of rotatable bonds is 4. The zero-order valence-corrected chi connectivity index (χ0v) is 11.6. The maximum absolute atomic E-state index is 13.5. The lowest BCUT2D eigenvalue weighted by atomic mass is 10.0. The monoisotopic (exact) mass is 293 g/mol. The van der Waals surface area contributed by atoms with Crippen LogP contribution in [0.25, 0.3) is 0 Å². The summed E-state index contributed by atoms with van der Waals surface area (Å²) in [7, 11) is 0. The highest BCUT2D eigenvalue weighted by Crippen LogP contribution is 2.29. The van der Waals surface area contributed by atoms with Gasteiger partial charge >= 0.3 is 0 Å². The Morgan fingerprint density at radius 1 is 1.30 bits per heavy atom. The Labute approximate surface area is 121 Å². The van der Waals surface area contributed by atoms with Gasteiger partial charge in [0.15, 0.2) is 0 Å². The Hall–Kier alpha value is -1.94. The second kappa shape index (κ2) is 6.01. The zero-order chi connectivity index (χ0) is 14.7. The second-order valence-corrected chi connectivity index (χ2v) is 5.09. The van der Waals surface area contributed by atoms with E-state index in [1.807, 2.05) is 0 Å². The first-order valence-corrected chi connectivity index (χ1v) is 6.55. The average Bonchev–Trinajstić information content (AvgIpc) is 2.42. The largest absolute Gasteiger partial charge is 0.272 e. The Balaban J connectivity index is 2.25. The molecule has 0 bridgehead atoms. The highest BCUT2D eigenvalue weighted by molar-refractivity contribution is 6.21. The number of nitro groups is 1. The van der Waals surface area contributed by atoms with Crippen LogP contribution in [0.3, 0.4) is 0 Å². The van der Waals surface area contributed by atoms with Gasteiger partial charge in [-0.3, -0.25) is 10.1 Å². The first-order chi connectivity index (χ1) is 9.49. The molecule has 0 radical (unpaired) electrons. The Kier molecular flexibility index (Phi) is 4.35. The fourth-order valence-corrected chi connectivity index (χ4v) is 2.28. The quantitative estimate of drug-likeness (QED) is 0.471. The van der Waals surface area contributed by atoms with E-state index in [0.717, 1.165) is 0 Å². The van der Waals surface area contributed by atoms with E-state index < -0.39 is 10.3 Å². The molecule has 0 saturated carbocycles. The number of aryl methyl sites for hydroxylation is 1. The van der Waals surface area contributed by atoms with Crippen molar-refractivity contribution in [1.29, 1.82) is 0 Å². The van der Waals surface area contributed by atoms with Crippen LogP contribution in [0, 0.1) is 22.9 Å². The van der Waals surface area contributed by atoms with Crippen LogP contribution in [0.2, 0.25) is 0 Å². The molecule has 1 unspecified atom stereocenters. The van der Waals surface area contributed by atoms with Crippen molar-refractivity contribution in [2.24, 2.45) is 0 Å². The first-order valence-electron chi connectivity index (χ1n) is 6.11. The Morgan fingerprint density at radius 3 is 2.65 bits per heavy atom. The van der Waals surface area contributed by atoms with Gasteiger partial charge in [0.2, 0.25) is 0 Å². The van der Waals surface area contributed by atoms with Gasteiger partial charge in [-0.1, -0.05) is 30.3 Å². The fourth-order valence-electron chi connectivity index (χ4n) is 1.98. The summed E-state index contributed by atoms with van der Waals surface area (Å²) in [5.74, 6) is -0.323. The molecule has 0 aromatic heterocycles. The molecule has 2 rings (SSSR count). The van der Waals surface area contributed by atoms with E-state index in [-0.39, 0.29) is 17.9 Å². The van der Waals surface area contributed by atoms with Crippen molar-refractivity contribution in [3.05, 3.63) is 75.1 Å². The second-order valence-electron chi connectivity index (χ2n) is 4.57. The van der Waals surface area contributed by atoms with Crippen molar-refractivity contribution in [2.75, 3.05) is 0 Å². The van der Waals surface area contributed by atoms with Gasteiger partial charge in [-0.05, 0) is 30.5 Å². The van der Waals surface area contributed by atoms with Gasteiger partial charge in [0, 0.05) is 11.6 Å². The molecule has 5 heteroatoms. The van der Waals surface area contributed by atoms with Crippen LogP contribution in [0.4, 0.5) is 10.1 Å². The molecule has 20 heavy (non-hydrogen) atoms. The predicted molar refractivity (Wildman–Crippen MR) is 76.5 cm³/mol. The van der Waals surface area contributed by atoms with Crippen LogP contribution in [-0.4, -0.2) is 4.92 Å². The highest BCUT2D eigenvalue weighted by atomic mass is 35.5. The molecule has 1 atom stereocenters. The summed E-state index contributed by atoms with van der Waals surface area (Å²) in [6.07, 6.45) is 0.279. The van der Waals surface area contributed by atoms with Crippen molar-refractivity contribution in [2.45, 2.75) is 18.7 Å². The summed E-state index contributed by atoms with van der Waals surface area (Å²) in [4.78, 5) is 10.5. The number of halogens is 2. The van der Waals surface area contributed by atoms with Crippen LogP contribution >= 0.6 is 11.6 Å². The number of alkyl halides is 1. The summed E-state index contributed by atoms with van der Waals surface area (Å²) >= 11 is 6.25. The summed E-state index contributed by atoms with van der Waals surface area (Å²) in [6.45, 7) is 1.67. The van der Waals surface area contributed by atoms with Crippen LogP contribution in [0.5, 0.6) is 0 Å². The number of nitrogens with zero attached hydrogens (tertiary/aromatic N) is 1. The Morgan fingerprint density at radius 2 is 2.00 bits per heavy atom. The SMILES string of the molecule is Cc1ccc(C(Cl)Cc2ccccc2[N+](=O)[O-])cc1F. The van der Waals surface area contributed by atoms with Gasteiger partial charge in [0.1, 0.15) is 5.82 Å².